The number of pyridine rings is 1. The van der Waals surface area contributed by atoms with Gasteiger partial charge in [0.15, 0.2) is 0 Å². The number of likely N-dealkylation sites (N-methyl/N-ethyl adjacent to an activating group) is 1. The van der Waals surface area contributed by atoms with E-state index in [0.29, 0.717) is 0 Å². The molecule has 0 aliphatic rings. The third kappa shape index (κ3) is 4.53. The molecule has 1 aromatic heterocycles. The minimum Gasteiger partial charge on any atom is -0.305 e. The number of hydrogen-bond acceptors (Lipinski definition) is 3. The van der Waals surface area contributed by atoms with Crippen LogP contribution >= 0.6 is 0 Å². The van der Waals surface area contributed by atoms with E-state index in [1.54, 1.807) is 0 Å². The van der Waals surface area contributed by atoms with Crippen molar-refractivity contribution in [1.82, 2.24) is 9.88 Å². The predicted octanol–water partition coefficient (Wildman–Crippen LogP) is 1.78. The van der Waals surface area contributed by atoms with Crippen molar-refractivity contribution in [3.63, 3.8) is 0 Å². The van der Waals surface area contributed by atoms with Crippen molar-refractivity contribution in [3.8, 4) is 0 Å². The summed E-state index contributed by atoms with van der Waals surface area (Å²) in [6.07, 6.45) is 5.64. The van der Waals surface area contributed by atoms with Gasteiger partial charge in [0.2, 0.25) is 0 Å². The molecule has 1 aromatic rings. The fourth-order valence-electron chi connectivity index (χ4n) is 1.68. The summed E-state index contributed by atoms with van der Waals surface area (Å²) in [5, 5.41) is 0. The Morgan fingerprint density at radius 2 is 2.00 bits per heavy atom. The van der Waals surface area contributed by atoms with Crippen molar-refractivity contribution < 1.29 is 4.79 Å². The van der Waals surface area contributed by atoms with Crippen LogP contribution in [0.15, 0.2) is 24.5 Å². The van der Waals surface area contributed by atoms with Gasteiger partial charge in [-0.25, -0.2) is 0 Å². The minimum absolute atomic E-state index is 0.257. The Morgan fingerprint density at radius 3 is 2.56 bits per heavy atom. The summed E-state index contributed by atoms with van der Waals surface area (Å²) in [6.45, 7) is 5.68. The minimum atomic E-state index is -0.257. The van der Waals surface area contributed by atoms with Crippen LogP contribution in [0, 0.1) is 5.41 Å². The third-order valence-electron chi connectivity index (χ3n) is 2.53. The number of carbonyl (C=O) groups excluding carboxylic acids is 1. The SMILES string of the molecule is CN(CCc1ccncc1)CC(C)(C)C=O. The van der Waals surface area contributed by atoms with Crippen molar-refractivity contribution in [2.24, 2.45) is 5.41 Å². The van der Waals surface area contributed by atoms with E-state index in [4.69, 9.17) is 0 Å². The summed E-state index contributed by atoms with van der Waals surface area (Å²) in [6, 6.07) is 4.05. The third-order valence-corrected chi connectivity index (χ3v) is 2.53. The van der Waals surface area contributed by atoms with E-state index in [1.807, 2.05) is 45.4 Å². The molecule has 0 fully saturated rings. The van der Waals surface area contributed by atoms with Crippen molar-refractivity contribution in [1.29, 1.82) is 0 Å². The molecular weight excluding hydrogens is 200 g/mol. The van der Waals surface area contributed by atoms with Gasteiger partial charge in [-0.05, 0) is 31.2 Å². The van der Waals surface area contributed by atoms with Crippen LogP contribution in [0.4, 0.5) is 0 Å². The second-order valence-corrected chi connectivity index (χ2v) is 4.95. The Morgan fingerprint density at radius 1 is 1.38 bits per heavy atom. The van der Waals surface area contributed by atoms with Crippen LogP contribution in [0.5, 0.6) is 0 Å². The molecular formula is C13H20N2O. The molecule has 3 nitrogen and oxygen atoms in total. The van der Waals surface area contributed by atoms with Gasteiger partial charge in [-0.15, -0.1) is 0 Å². The highest BCUT2D eigenvalue weighted by Gasteiger charge is 2.18. The molecule has 1 rings (SSSR count). The summed E-state index contributed by atoms with van der Waals surface area (Å²) < 4.78 is 0. The molecule has 0 saturated heterocycles. The van der Waals surface area contributed by atoms with Crippen LogP contribution in [0.2, 0.25) is 0 Å². The maximum Gasteiger partial charge on any atom is 0.126 e. The second kappa shape index (κ2) is 5.75. The molecule has 0 aromatic carbocycles. The van der Waals surface area contributed by atoms with E-state index < -0.39 is 0 Å². The van der Waals surface area contributed by atoms with Gasteiger partial charge in [-0.1, -0.05) is 13.8 Å². The molecule has 0 amide bonds. The molecule has 0 radical (unpaired) electrons. The van der Waals surface area contributed by atoms with Crippen LogP contribution in [0.1, 0.15) is 19.4 Å². The summed E-state index contributed by atoms with van der Waals surface area (Å²) in [4.78, 5) is 17.0. The Bertz CT molecular complexity index is 322. The van der Waals surface area contributed by atoms with Gasteiger partial charge in [0, 0.05) is 30.9 Å². The first kappa shape index (κ1) is 12.8. The zero-order valence-corrected chi connectivity index (χ0v) is 10.3. The highest BCUT2D eigenvalue weighted by molar-refractivity contribution is 5.58. The van der Waals surface area contributed by atoms with Crippen molar-refractivity contribution >= 4 is 6.29 Å². The lowest BCUT2D eigenvalue weighted by Crippen LogP contribution is -2.33. The van der Waals surface area contributed by atoms with Crippen molar-refractivity contribution in [2.45, 2.75) is 20.3 Å². The van der Waals surface area contributed by atoms with E-state index in [-0.39, 0.29) is 5.41 Å². The Hall–Kier alpha value is -1.22. The first-order valence-corrected chi connectivity index (χ1v) is 5.57. The number of carbonyl (C=O) groups is 1. The maximum atomic E-state index is 10.8. The first-order valence-electron chi connectivity index (χ1n) is 5.57. The Balaban J connectivity index is 2.36. The lowest BCUT2D eigenvalue weighted by molar-refractivity contribution is -0.115. The van der Waals surface area contributed by atoms with Gasteiger partial charge in [-0.3, -0.25) is 4.98 Å². The number of rotatable bonds is 6. The molecule has 16 heavy (non-hydrogen) atoms. The lowest BCUT2D eigenvalue weighted by Gasteiger charge is -2.25. The standard InChI is InChI=1S/C13H20N2O/c1-13(2,11-16)10-15(3)9-6-12-4-7-14-8-5-12/h4-5,7-8,11H,6,9-10H2,1-3H3. The van der Waals surface area contributed by atoms with Crippen LogP contribution < -0.4 is 0 Å². The van der Waals surface area contributed by atoms with E-state index in [1.165, 1.54) is 5.56 Å². The van der Waals surface area contributed by atoms with Crippen molar-refractivity contribution in [2.75, 3.05) is 20.1 Å². The monoisotopic (exact) mass is 220 g/mol. The zero-order valence-electron chi connectivity index (χ0n) is 10.3. The first-order chi connectivity index (χ1) is 7.53. The smallest absolute Gasteiger partial charge is 0.126 e. The molecule has 3 heteroatoms. The van der Waals surface area contributed by atoms with Gasteiger partial charge in [0.05, 0.1) is 0 Å². The summed E-state index contributed by atoms with van der Waals surface area (Å²) in [5.74, 6) is 0. The average Bonchev–Trinajstić information content (AvgIpc) is 2.27. The molecule has 1 heterocycles. The Kier molecular flexibility index (Phi) is 4.62. The zero-order chi connectivity index (χ0) is 12.0. The highest BCUT2D eigenvalue weighted by Crippen LogP contribution is 2.12. The highest BCUT2D eigenvalue weighted by atomic mass is 16.1. The maximum absolute atomic E-state index is 10.8. The predicted molar refractivity (Wildman–Crippen MR) is 65.3 cm³/mol. The van der Waals surface area contributed by atoms with Crippen LogP contribution in [-0.4, -0.2) is 36.3 Å². The summed E-state index contributed by atoms with van der Waals surface area (Å²) >= 11 is 0. The fraction of sp³-hybridized carbons (Fsp3) is 0.538. The molecule has 0 spiro atoms. The van der Waals surface area contributed by atoms with Crippen molar-refractivity contribution in [3.05, 3.63) is 30.1 Å². The normalized spacial score (nSPS) is 11.8. The molecule has 0 unspecified atom stereocenters. The van der Waals surface area contributed by atoms with E-state index >= 15 is 0 Å². The molecule has 0 saturated carbocycles. The van der Waals surface area contributed by atoms with Gasteiger partial charge in [0.25, 0.3) is 0 Å². The van der Waals surface area contributed by atoms with E-state index in [9.17, 15) is 4.79 Å². The molecule has 88 valence electrons. The number of nitrogens with zero attached hydrogens (tertiary/aromatic N) is 2. The lowest BCUT2D eigenvalue weighted by atomic mass is 9.95. The molecule has 0 atom stereocenters. The molecule has 0 aliphatic heterocycles. The second-order valence-electron chi connectivity index (χ2n) is 4.95. The van der Waals surface area contributed by atoms with Gasteiger partial charge < -0.3 is 9.69 Å². The summed E-state index contributed by atoms with van der Waals surface area (Å²) in [5.41, 5.74) is 1.03. The van der Waals surface area contributed by atoms with E-state index in [2.05, 4.69) is 9.88 Å². The molecule has 0 aliphatic carbocycles. The van der Waals surface area contributed by atoms with E-state index in [0.717, 1.165) is 25.8 Å². The quantitative estimate of drug-likeness (QED) is 0.685. The topological polar surface area (TPSA) is 33.2 Å². The van der Waals surface area contributed by atoms with Crippen LogP contribution in [0.25, 0.3) is 0 Å². The van der Waals surface area contributed by atoms with Gasteiger partial charge in [0.1, 0.15) is 6.29 Å². The average molecular weight is 220 g/mol. The number of hydrogen-bond donors (Lipinski definition) is 0. The fourth-order valence-corrected chi connectivity index (χ4v) is 1.68. The van der Waals surface area contributed by atoms with Gasteiger partial charge >= 0.3 is 0 Å². The molecule has 0 N–H and O–H groups in total. The number of aromatic nitrogens is 1. The number of aldehydes is 1. The van der Waals surface area contributed by atoms with Crippen LogP contribution in [-0.2, 0) is 11.2 Å². The summed E-state index contributed by atoms with van der Waals surface area (Å²) in [7, 11) is 2.05. The largest absolute Gasteiger partial charge is 0.305 e. The van der Waals surface area contributed by atoms with Crippen LogP contribution in [0.3, 0.4) is 0 Å². The van der Waals surface area contributed by atoms with Gasteiger partial charge in [-0.2, -0.15) is 0 Å². The Labute approximate surface area is 97.5 Å². The molecule has 0 bridgehead atoms.